The standard InChI is InChI=1S/C16H13ClN2O3S2/c1-2-22-10-5-3-9(4-6-10)11-7-23-15-13(11)14(17)18-16(19-15)24-8-12(20)21/h3-7H,2,8H2,1H3,(H,20,21). The molecule has 8 heteroatoms. The van der Waals surface area contributed by atoms with Crippen LogP contribution in [0.4, 0.5) is 0 Å². The molecule has 0 aliphatic carbocycles. The second-order valence-electron chi connectivity index (χ2n) is 4.77. The predicted molar refractivity (Wildman–Crippen MR) is 97.4 cm³/mol. The number of hydrogen-bond acceptors (Lipinski definition) is 6. The molecule has 3 aromatic rings. The van der Waals surface area contributed by atoms with E-state index in [0.29, 0.717) is 16.9 Å². The van der Waals surface area contributed by atoms with E-state index in [-0.39, 0.29) is 5.75 Å². The van der Waals surface area contributed by atoms with E-state index in [0.717, 1.165) is 38.9 Å². The van der Waals surface area contributed by atoms with E-state index in [9.17, 15) is 4.79 Å². The molecule has 0 bridgehead atoms. The van der Waals surface area contributed by atoms with Crippen molar-refractivity contribution in [2.75, 3.05) is 12.4 Å². The molecule has 3 rings (SSSR count). The topological polar surface area (TPSA) is 72.3 Å². The normalized spacial score (nSPS) is 10.9. The van der Waals surface area contributed by atoms with Gasteiger partial charge in [-0.25, -0.2) is 9.97 Å². The molecule has 124 valence electrons. The van der Waals surface area contributed by atoms with Gasteiger partial charge in [-0.1, -0.05) is 35.5 Å². The number of carboxylic acids is 1. The molecule has 0 radical (unpaired) electrons. The van der Waals surface area contributed by atoms with Crippen LogP contribution in [0, 0.1) is 0 Å². The van der Waals surface area contributed by atoms with Gasteiger partial charge in [-0.05, 0) is 24.6 Å². The largest absolute Gasteiger partial charge is 0.494 e. The van der Waals surface area contributed by atoms with Crippen LogP contribution in [0.2, 0.25) is 5.15 Å². The summed E-state index contributed by atoms with van der Waals surface area (Å²) in [7, 11) is 0. The van der Waals surface area contributed by atoms with Crippen LogP contribution < -0.4 is 4.74 Å². The number of carboxylic acid groups (broad SMARTS) is 1. The average molecular weight is 381 g/mol. The van der Waals surface area contributed by atoms with E-state index >= 15 is 0 Å². The number of aliphatic carboxylic acids is 1. The first kappa shape index (κ1) is 17.0. The number of thioether (sulfide) groups is 1. The number of fused-ring (bicyclic) bond motifs is 1. The van der Waals surface area contributed by atoms with Crippen molar-refractivity contribution < 1.29 is 14.6 Å². The van der Waals surface area contributed by atoms with Gasteiger partial charge in [-0.15, -0.1) is 11.3 Å². The molecule has 5 nitrogen and oxygen atoms in total. The Morgan fingerprint density at radius 2 is 2.08 bits per heavy atom. The maximum atomic E-state index is 10.7. The third-order valence-corrected chi connectivity index (χ3v) is 5.15. The van der Waals surface area contributed by atoms with Crippen molar-refractivity contribution in [2.24, 2.45) is 0 Å². The summed E-state index contributed by atoms with van der Waals surface area (Å²) in [6.07, 6.45) is 0. The summed E-state index contributed by atoms with van der Waals surface area (Å²) in [5.74, 6) is -0.199. The Balaban J connectivity index is 1.96. The zero-order valence-electron chi connectivity index (χ0n) is 12.7. The third kappa shape index (κ3) is 3.63. The molecule has 2 aromatic heterocycles. The van der Waals surface area contributed by atoms with Crippen molar-refractivity contribution in [2.45, 2.75) is 12.1 Å². The lowest BCUT2D eigenvalue weighted by molar-refractivity contribution is -0.133. The Morgan fingerprint density at radius 1 is 1.33 bits per heavy atom. The second-order valence-corrected chi connectivity index (χ2v) is 6.92. The van der Waals surface area contributed by atoms with Crippen LogP contribution in [-0.2, 0) is 4.79 Å². The first-order chi connectivity index (χ1) is 11.6. The maximum Gasteiger partial charge on any atom is 0.313 e. The monoisotopic (exact) mass is 380 g/mol. The van der Waals surface area contributed by atoms with Crippen LogP contribution in [0.15, 0.2) is 34.8 Å². The number of ether oxygens (including phenoxy) is 1. The highest BCUT2D eigenvalue weighted by Gasteiger charge is 2.15. The first-order valence-electron chi connectivity index (χ1n) is 7.11. The van der Waals surface area contributed by atoms with E-state index in [1.807, 2.05) is 36.6 Å². The zero-order chi connectivity index (χ0) is 17.1. The fraction of sp³-hybridized carbons (Fsp3) is 0.188. The Morgan fingerprint density at radius 3 is 2.75 bits per heavy atom. The summed E-state index contributed by atoms with van der Waals surface area (Å²) in [5.41, 5.74) is 1.96. The molecule has 0 spiro atoms. The Bertz CT molecular complexity index is 881. The average Bonchev–Trinajstić information content (AvgIpc) is 2.98. The lowest BCUT2D eigenvalue weighted by Crippen LogP contribution is -1.99. The van der Waals surface area contributed by atoms with Gasteiger partial charge < -0.3 is 9.84 Å². The van der Waals surface area contributed by atoms with Crippen molar-refractivity contribution in [1.82, 2.24) is 9.97 Å². The van der Waals surface area contributed by atoms with E-state index in [1.165, 1.54) is 11.3 Å². The van der Waals surface area contributed by atoms with Crippen molar-refractivity contribution in [3.05, 3.63) is 34.8 Å². The quantitative estimate of drug-likeness (QED) is 0.383. The van der Waals surface area contributed by atoms with Crippen LogP contribution >= 0.6 is 34.7 Å². The van der Waals surface area contributed by atoms with Crippen molar-refractivity contribution >= 4 is 50.9 Å². The molecule has 24 heavy (non-hydrogen) atoms. The van der Waals surface area contributed by atoms with Gasteiger partial charge >= 0.3 is 5.97 Å². The lowest BCUT2D eigenvalue weighted by atomic mass is 10.1. The number of benzene rings is 1. The molecule has 0 aliphatic rings. The van der Waals surface area contributed by atoms with Gasteiger partial charge in [0.2, 0.25) is 0 Å². The molecule has 0 saturated heterocycles. The van der Waals surface area contributed by atoms with E-state index in [2.05, 4.69) is 9.97 Å². The highest BCUT2D eigenvalue weighted by molar-refractivity contribution is 7.99. The lowest BCUT2D eigenvalue weighted by Gasteiger charge is -2.05. The molecular weight excluding hydrogens is 368 g/mol. The highest BCUT2D eigenvalue weighted by atomic mass is 35.5. The fourth-order valence-corrected chi connectivity index (χ4v) is 4.13. The minimum Gasteiger partial charge on any atom is -0.494 e. The van der Waals surface area contributed by atoms with Crippen molar-refractivity contribution in [3.8, 4) is 16.9 Å². The van der Waals surface area contributed by atoms with Gasteiger partial charge in [0, 0.05) is 10.9 Å². The third-order valence-electron chi connectivity index (χ3n) is 3.17. The SMILES string of the molecule is CCOc1ccc(-c2csc3nc(SCC(=O)O)nc(Cl)c23)cc1. The number of nitrogens with zero attached hydrogens (tertiary/aromatic N) is 2. The minimum absolute atomic E-state index is 0.0983. The number of aromatic nitrogens is 2. The summed E-state index contributed by atoms with van der Waals surface area (Å²) in [5, 5.41) is 12.2. The van der Waals surface area contributed by atoms with E-state index in [4.69, 9.17) is 21.4 Å². The maximum absolute atomic E-state index is 10.7. The number of carbonyl (C=O) groups is 1. The molecule has 2 heterocycles. The molecule has 1 aromatic carbocycles. The summed E-state index contributed by atoms with van der Waals surface area (Å²) in [6, 6.07) is 7.76. The Hall–Kier alpha value is -1.83. The summed E-state index contributed by atoms with van der Waals surface area (Å²) in [6.45, 7) is 2.56. The highest BCUT2D eigenvalue weighted by Crippen LogP contribution is 2.38. The van der Waals surface area contributed by atoms with Crippen molar-refractivity contribution in [3.63, 3.8) is 0 Å². The molecule has 0 fully saturated rings. The van der Waals surface area contributed by atoms with Crippen LogP contribution in [0.3, 0.4) is 0 Å². The summed E-state index contributed by atoms with van der Waals surface area (Å²) < 4.78 is 5.45. The molecular formula is C16H13ClN2O3S2. The number of halogens is 1. The zero-order valence-corrected chi connectivity index (χ0v) is 15.0. The van der Waals surface area contributed by atoms with Crippen LogP contribution in [-0.4, -0.2) is 33.4 Å². The van der Waals surface area contributed by atoms with E-state index in [1.54, 1.807) is 0 Å². The smallest absolute Gasteiger partial charge is 0.313 e. The fourth-order valence-electron chi connectivity index (χ4n) is 2.18. The molecule has 1 N–H and O–H groups in total. The second kappa shape index (κ2) is 7.38. The van der Waals surface area contributed by atoms with Gasteiger partial charge in [0.1, 0.15) is 15.7 Å². The molecule has 0 atom stereocenters. The predicted octanol–water partition coefficient (Wildman–Crippen LogP) is 4.59. The minimum atomic E-state index is -0.916. The number of rotatable bonds is 6. The van der Waals surface area contributed by atoms with Crippen LogP contribution in [0.5, 0.6) is 5.75 Å². The van der Waals surface area contributed by atoms with E-state index < -0.39 is 5.97 Å². The van der Waals surface area contributed by atoms with Crippen LogP contribution in [0.1, 0.15) is 6.92 Å². The summed E-state index contributed by atoms with van der Waals surface area (Å²) >= 11 is 8.84. The molecule has 0 unspecified atom stereocenters. The first-order valence-corrected chi connectivity index (χ1v) is 9.35. The Kier molecular flexibility index (Phi) is 5.23. The van der Waals surface area contributed by atoms with Gasteiger partial charge in [0.05, 0.1) is 17.7 Å². The van der Waals surface area contributed by atoms with Gasteiger partial charge in [0.15, 0.2) is 5.16 Å². The number of hydrogen-bond donors (Lipinski definition) is 1. The van der Waals surface area contributed by atoms with Crippen LogP contribution in [0.25, 0.3) is 21.3 Å². The molecule has 0 amide bonds. The Labute approximate surface area is 151 Å². The van der Waals surface area contributed by atoms with Gasteiger partial charge in [-0.3, -0.25) is 4.79 Å². The molecule has 0 saturated carbocycles. The van der Waals surface area contributed by atoms with Gasteiger partial charge in [-0.2, -0.15) is 0 Å². The number of thiophene rings is 1. The van der Waals surface area contributed by atoms with Gasteiger partial charge in [0.25, 0.3) is 0 Å². The summed E-state index contributed by atoms with van der Waals surface area (Å²) in [4.78, 5) is 20.0. The molecule has 0 aliphatic heterocycles. The van der Waals surface area contributed by atoms with Crippen molar-refractivity contribution in [1.29, 1.82) is 0 Å².